The van der Waals surface area contributed by atoms with Gasteiger partial charge in [-0.15, -0.1) is 0 Å². The molecule has 0 bridgehead atoms. The number of rotatable bonds is 3. The molecule has 1 aromatic rings. The lowest BCUT2D eigenvalue weighted by molar-refractivity contribution is -0.386. The Bertz CT molecular complexity index is 434. The minimum Gasteiger partial charge on any atom is -0.387 e. The van der Waals surface area contributed by atoms with E-state index in [1.807, 2.05) is 0 Å². The summed E-state index contributed by atoms with van der Waals surface area (Å²) in [6.07, 6.45) is -6.03. The lowest BCUT2D eigenvalue weighted by atomic mass is 10.0. The molecule has 0 radical (unpaired) electrons. The number of benzene rings is 1. The molecular formula is C9H9F3N2O3. The predicted octanol–water partition coefficient (Wildman–Crippen LogP) is 1.61. The number of aliphatic hydroxyl groups is 1. The molecule has 0 spiro atoms. The molecule has 8 heteroatoms. The topological polar surface area (TPSA) is 89.4 Å². The molecular weight excluding hydrogens is 241 g/mol. The summed E-state index contributed by atoms with van der Waals surface area (Å²) in [7, 11) is 0. The predicted molar refractivity (Wildman–Crippen MR) is 52.1 cm³/mol. The number of nitro benzene ring substituents is 1. The van der Waals surface area contributed by atoms with Crippen LogP contribution in [-0.2, 0) is 6.18 Å². The third-order valence-electron chi connectivity index (χ3n) is 2.14. The Hall–Kier alpha value is -1.67. The summed E-state index contributed by atoms with van der Waals surface area (Å²) in [6, 6.07) is 1.91. The van der Waals surface area contributed by atoms with Gasteiger partial charge in [0.15, 0.2) is 0 Å². The Morgan fingerprint density at radius 2 is 2.06 bits per heavy atom. The van der Waals surface area contributed by atoms with E-state index in [1.165, 1.54) is 0 Å². The normalized spacial score (nSPS) is 13.5. The zero-order valence-corrected chi connectivity index (χ0v) is 8.44. The van der Waals surface area contributed by atoms with Gasteiger partial charge < -0.3 is 10.8 Å². The van der Waals surface area contributed by atoms with E-state index in [2.05, 4.69) is 0 Å². The van der Waals surface area contributed by atoms with Crippen molar-refractivity contribution < 1.29 is 23.2 Å². The van der Waals surface area contributed by atoms with Crippen LogP contribution in [0.2, 0.25) is 0 Å². The van der Waals surface area contributed by atoms with Crippen molar-refractivity contribution >= 4 is 5.69 Å². The second-order valence-electron chi connectivity index (χ2n) is 3.28. The van der Waals surface area contributed by atoms with E-state index in [-0.39, 0.29) is 12.1 Å². The van der Waals surface area contributed by atoms with Crippen LogP contribution in [0.4, 0.5) is 18.9 Å². The molecule has 0 aliphatic rings. The summed E-state index contributed by atoms with van der Waals surface area (Å²) < 4.78 is 37.0. The van der Waals surface area contributed by atoms with Gasteiger partial charge in [0.05, 0.1) is 22.2 Å². The second kappa shape index (κ2) is 4.68. The van der Waals surface area contributed by atoms with Gasteiger partial charge in [-0.3, -0.25) is 10.1 Å². The number of nitro groups is 1. The molecule has 0 aliphatic carbocycles. The van der Waals surface area contributed by atoms with Crippen LogP contribution >= 0.6 is 0 Å². The summed E-state index contributed by atoms with van der Waals surface area (Å²) >= 11 is 0. The summed E-state index contributed by atoms with van der Waals surface area (Å²) in [5, 5.41) is 19.9. The van der Waals surface area contributed by atoms with Crippen molar-refractivity contribution in [2.24, 2.45) is 5.73 Å². The molecule has 1 atom stereocenters. The van der Waals surface area contributed by atoms with E-state index in [0.29, 0.717) is 12.1 Å². The van der Waals surface area contributed by atoms with Crippen LogP contribution in [0.25, 0.3) is 0 Å². The van der Waals surface area contributed by atoms with E-state index >= 15 is 0 Å². The minimum atomic E-state index is -4.67. The maximum absolute atomic E-state index is 12.3. The number of hydrogen-bond acceptors (Lipinski definition) is 4. The molecule has 1 aromatic carbocycles. The van der Waals surface area contributed by atoms with Gasteiger partial charge in [-0.05, 0) is 12.1 Å². The van der Waals surface area contributed by atoms with Crippen molar-refractivity contribution in [1.82, 2.24) is 0 Å². The van der Waals surface area contributed by atoms with Crippen LogP contribution in [0.1, 0.15) is 17.2 Å². The van der Waals surface area contributed by atoms with Gasteiger partial charge in [0, 0.05) is 12.6 Å². The van der Waals surface area contributed by atoms with Crippen LogP contribution in [0.5, 0.6) is 0 Å². The van der Waals surface area contributed by atoms with Crippen molar-refractivity contribution in [1.29, 1.82) is 0 Å². The van der Waals surface area contributed by atoms with Crippen molar-refractivity contribution in [2.75, 3.05) is 6.54 Å². The van der Waals surface area contributed by atoms with Crippen LogP contribution in [0.15, 0.2) is 18.2 Å². The van der Waals surface area contributed by atoms with Crippen molar-refractivity contribution in [3.8, 4) is 0 Å². The van der Waals surface area contributed by atoms with E-state index in [4.69, 9.17) is 5.73 Å². The SMILES string of the molecule is NC[C@@H](O)c1ccc(C(F)(F)F)cc1[N+](=O)[O-]. The Kier molecular flexibility index (Phi) is 3.69. The van der Waals surface area contributed by atoms with Gasteiger partial charge in [0.1, 0.15) is 0 Å². The van der Waals surface area contributed by atoms with Gasteiger partial charge in [-0.1, -0.05) is 0 Å². The van der Waals surface area contributed by atoms with Gasteiger partial charge in [-0.25, -0.2) is 0 Å². The smallest absolute Gasteiger partial charge is 0.387 e. The minimum absolute atomic E-state index is 0.231. The van der Waals surface area contributed by atoms with Crippen LogP contribution in [0.3, 0.4) is 0 Å². The summed E-state index contributed by atoms with van der Waals surface area (Å²) in [5.74, 6) is 0. The van der Waals surface area contributed by atoms with Gasteiger partial charge in [0.25, 0.3) is 5.69 Å². The maximum atomic E-state index is 12.3. The van der Waals surface area contributed by atoms with Gasteiger partial charge >= 0.3 is 6.18 Å². The first-order valence-corrected chi connectivity index (χ1v) is 4.51. The fraction of sp³-hybridized carbons (Fsp3) is 0.333. The van der Waals surface area contributed by atoms with Gasteiger partial charge in [0.2, 0.25) is 0 Å². The number of nitrogens with zero attached hydrogens (tertiary/aromatic N) is 1. The van der Waals surface area contributed by atoms with Crippen LogP contribution < -0.4 is 5.73 Å². The molecule has 0 unspecified atom stereocenters. The first-order valence-electron chi connectivity index (χ1n) is 4.51. The largest absolute Gasteiger partial charge is 0.416 e. The number of aliphatic hydroxyl groups excluding tert-OH is 1. The first-order chi connectivity index (χ1) is 7.77. The summed E-state index contributed by atoms with van der Waals surface area (Å²) in [6.45, 7) is -0.313. The highest BCUT2D eigenvalue weighted by Crippen LogP contribution is 2.34. The second-order valence-corrected chi connectivity index (χ2v) is 3.28. The van der Waals surface area contributed by atoms with Crippen molar-refractivity contribution in [3.63, 3.8) is 0 Å². The van der Waals surface area contributed by atoms with E-state index in [0.717, 1.165) is 6.07 Å². The van der Waals surface area contributed by atoms with Crippen molar-refractivity contribution in [3.05, 3.63) is 39.4 Å². The highest BCUT2D eigenvalue weighted by molar-refractivity contribution is 5.45. The average molecular weight is 250 g/mol. The van der Waals surface area contributed by atoms with Crippen LogP contribution in [0, 0.1) is 10.1 Å². The number of nitrogens with two attached hydrogens (primary N) is 1. The maximum Gasteiger partial charge on any atom is 0.416 e. The number of alkyl halides is 3. The standard InChI is InChI=1S/C9H9F3N2O3/c10-9(11,12)5-1-2-6(8(15)4-13)7(3-5)14(16)17/h1-3,8,15H,4,13H2/t8-/m1/s1. The van der Waals surface area contributed by atoms with E-state index in [1.54, 1.807) is 0 Å². The fourth-order valence-corrected chi connectivity index (χ4v) is 1.29. The summed E-state index contributed by atoms with van der Waals surface area (Å²) in [4.78, 5) is 9.62. The zero-order valence-electron chi connectivity index (χ0n) is 8.44. The Balaban J connectivity index is 3.32. The molecule has 0 amide bonds. The summed E-state index contributed by atoms with van der Waals surface area (Å²) in [5.41, 5.74) is 2.94. The number of halogens is 3. The Labute approximate surface area is 93.8 Å². The molecule has 0 saturated carbocycles. The molecule has 0 saturated heterocycles. The van der Waals surface area contributed by atoms with E-state index in [9.17, 15) is 28.4 Å². The lowest BCUT2D eigenvalue weighted by Gasteiger charge is -2.11. The highest BCUT2D eigenvalue weighted by atomic mass is 19.4. The Morgan fingerprint density at radius 1 is 1.47 bits per heavy atom. The molecule has 0 aromatic heterocycles. The quantitative estimate of drug-likeness (QED) is 0.629. The third-order valence-corrected chi connectivity index (χ3v) is 2.14. The fourth-order valence-electron chi connectivity index (χ4n) is 1.29. The van der Waals surface area contributed by atoms with Gasteiger partial charge in [-0.2, -0.15) is 13.2 Å². The Morgan fingerprint density at radius 3 is 2.47 bits per heavy atom. The molecule has 94 valence electrons. The monoisotopic (exact) mass is 250 g/mol. The molecule has 1 rings (SSSR count). The molecule has 0 heterocycles. The lowest BCUT2D eigenvalue weighted by Crippen LogP contribution is -2.14. The molecule has 0 aliphatic heterocycles. The molecule has 17 heavy (non-hydrogen) atoms. The van der Waals surface area contributed by atoms with Crippen molar-refractivity contribution in [2.45, 2.75) is 12.3 Å². The van der Waals surface area contributed by atoms with Crippen LogP contribution in [-0.4, -0.2) is 16.6 Å². The third kappa shape index (κ3) is 2.92. The molecule has 3 N–H and O–H groups in total. The molecule has 5 nitrogen and oxygen atoms in total. The highest BCUT2D eigenvalue weighted by Gasteiger charge is 2.33. The zero-order chi connectivity index (χ0) is 13.2. The van der Waals surface area contributed by atoms with E-state index < -0.39 is 28.5 Å². The first kappa shape index (κ1) is 13.4. The number of hydrogen-bond donors (Lipinski definition) is 2. The average Bonchev–Trinajstić information content (AvgIpc) is 2.25. The molecule has 0 fully saturated rings.